The van der Waals surface area contributed by atoms with Gasteiger partial charge >= 0.3 is 0 Å². The Morgan fingerprint density at radius 3 is 2.65 bits per heavy atom. The van der Waals surface area contributed by atoms with Crippen molar-refractivity contribution in [2.45, 2.75) is 23.9 Å². The Kier molecular flexibility index (Phi) is 3.54. The third-order valence-electron chi connectivity index (χ3n) is 2.85. The molecule has 4 nitrogen and oxygen atoms in total. The van der Waals surface area contributed by atoms with E-state index in [1.54, 1.807) is 6.33 Å². The number of aromatic nitrogens is 4. The highest BCUT2D eigenvalue weighted by Gasteiger charge is 2.12. The van der Waals surface area contributed by atoms with Crippen LogP contribution in [-0.4, -0.2) is 19.9 Å². The van der Waals surface area contributed by atoms with Crippen LogP contribution in [0.5, 0.6) is 0 Å². The first kappa shape index (κ1) is 13.3. The number of benzene rings is 1. The molecule has 100 valence electrons. The van der Waals surface area contributed by atoms with E-state index in [0.29, 0.717) is 11.0 Å². The van der Waals surface area contributed by atoms with Crippen molar-refractivity contribution in [2.75, 3.05) is 0 Å². The zero-order valence-corrected chi connectivity index (χ0v) is 12.5. The van der Waals surface area contributed by atoms with Crippen molar-refractivity contribution in [2.24, 2.45) is 0 Å². The summed E-state index contributed by atoms with van der Waals surface area (Å²) >= 11 is 7.59. The lowest BCUT2D eigenvalue weighted by atomic mass is 10.2. The number of para-hydroxylation sites is 1. The fraction of sp³-hybridized carbons (Fsp3) is 0.143. The minimum atomic E-state index is 0.485. The van der Waals surface area contributed by atoms with Crippen LogP contribution in [0.4, 0.5) is 0 Å². The zero-order valence-electron chi connectivity index (χ0n) is 11.0. The van der Waals surface area contributed by atoms with Gasteiger partial charge in [0.2, 0.25) is 0 Å². The van der Waals surface area contributed by atoms with Crippen molar-refractivity contribution in [3.8, 4) is 0 Å². The van der Waals surface area contributed by atoms with Gasteiger partial charge in [-0.1, -0.05) is 29.8 Å². The molecule has 0 aliphatic rings. The largest absolute Gasteiger partial charge is 0.236 e. The first-order valence-corrected chi connectivity index (χ1v) is 7.23. The fourth-order valence-corrected chi connectivity index (χ4v) is 3.08. The highest BCUT2D eigenvalue weighted by atomic mass is 35.5. The standard InChI is InChI=1S/C14H11ClN4S/c1-8-12(15)18-9(2)19-13(8)20-14-10-5-3-4-6-11(10)16-7-17-14/h3-7H,1-2H3. The number of hydrogen-bond donors (Lipinski definition) is 0. The third kappa shape index (κ3) is 2.46. The van der Waals surface area contributed by atoms with E-state index in [0.717, 1.165) is 26.5 Å². The number of nitrogens with zero attached hydrogens (tertiary/aromatic N) is 4. The quantitative estimate of drug-likeness (QED) is 0.673. The Labute approximate surface area is 125 Å². The first-order valence-electron chi connectivity index (χ1n) is 6.03. The molecular formula is C14H11ClN4S. The molecule has 0 bridgehead atoms. The molecule has 0 spiro atoms. The average Bonchev–Trinajstić information content (AvgIpc) is 2.44. The number of rotatable bonds is 2. The van der Waals surface area contributed by atoms with Gasteiger partial charge in [-0.2, -0.15) is 0 Å². The van der Waals surface area contributed by atoms with Crippen LogP contribution in [0, 0.1) is 13.8 Å². The average molecular weight is 303 g/mol. The third-order valence-corrected chi connectivity index (χ3v) is 4.33. The van der Waals surface area contributed by atoms with Gasteiger partial charge in [-0.3, -0.25) is 0 Å². The lowest BCUT2D eigenvalue weighted by Gasteiger charge is -2.08. The number of halogens is 1. The summed E-state index contributed by atoms with van der Waals surface area (Å²) in [4.78, 5) is 17.2. The summed E-state index contributed by atoms with van der Waals surface area (Å²) in [6, 6.07) is 7.90. The van der Waals surface area contributed by atoms with Crippen molar-refractivity contribution < 1.29 is 0 Å². The van der Waals surface area contributed by atoms with Crippen LogP contribution < -0.4 is 0 Å². The van der Waals surface area contributed by atoms with Crippen LogP contribution in [0.1, 0.15) is 11.4 Å². The Morgan fingerprint density at radius 1 is 1.00 bits per heavy atom. The molecule has 3 aromatic rings. The number of aryl methyl sites for hydroxylation is 1. The second-order valence-corrected chi connectivity index (χ2v) is 5.63. The fourth-order valence-electron chi connectivity index (χ4n) is 1.82. The van der Waals surface area contributed by atoms with E-state index in [1.807, 2.05) is 38.1 Å². The smallest absolute Gasteiger partial charge is 0.136 e. The second-order valence-electron chi connectivity index (χ2n) is 4.29. The van der Waals surface area contributed by atoms with Crippen molar-refractivity contribution >= 4 is 34.3 Å². The Hall–Kier alpha value is -1.72. The van der Waals surface area contributed by atoms with E-state index in [-0.39, 0.29) is 0 Å². The molecule has 0 aliphatic heterocycles. The van der Waals surface area contributed by atoms with Gasteiger partial charge < -0.3 is 0 Å². The maximum Gasteiger partial charge on any atom is 0.136 e. The summed E-state index contributed by atoms with van der Waals surface area (Å²) in [5, 5.41) is 3.18. The van der Waals surface area contributed by atoms with Gasteiger partial charge in [0.05, 0.1) is 5.52 Å². The maximum absolute atomic E-state index is 6.11. The molecule has 0 radical (unpaired) electrons. The molecular weight excluding hydrogens is 292 g/mol. The van der Waals surface area contributed by atoms with E-state index in [9.17, 15) is 0 Å². The Bertz CT molecular complexity index is 786. The molecule has 0 aliphatic carbocycles. The molecule has 0 saturated heterocycles. The molecule has 0 unspecified atom stereocenters. The van der Waals surface area contributed by atoms with Gasteiger partial charge in [-0.15, -0.1) is 0 Å². The number of hydrogen-bond acceptors (Lipinski definition) is 5. The van der Waals surface area contributed by atoms with Crippen molar-refractivity contribution in [3.05, 3.63) is 47.1 Å². The number of fused-ring (bicyclic) bond motifs is 1. The predicted octanol–water partition coefficient (Wildman–Crippen LogP) is 3.84. The van der Waals surface area contributed by atoms with Crippen LogP contribution >= 0.6 is 23.4 Å². The SMILES string of the molecule is Cc1nc(Cl)c(C)c(Sc2ncnc3ccccc23)n1. The van der Waals surface area contributed by atoms with E-state index < -0.39 is 0 Å². The van der Waals surface area contributed by atoms with Crippen LogP contribution in [0.3, 0.4) is 0 Å². The van der Waals surface area contributed by atoms with Gasteiger partial charge in [0.25, 0.3) is 0 Å². The summed E-state index contributed by atoms with van der Waals surface area (Å²) in [6.45, 7) is 3.74. The van der Waals surface area contributed by atoms with Crippen molar-refractivity contribution in [3.63, 3.8) is 0 Å². The highest BCUT2D eigenvalue weighted by Crippen LogP contribution is 2.33. The van der Waals surface area contributed by atoms with Gasteiger partial charge in [0.1, 0.15) is 27.4 Å². The van der Waals surface area contributed by atoms with Crippen LogP contribution in [-0.2, 0) is 0 Å². The van der Waals surface area contributed by atoms with E-state index in [1.165, 1.54) is 11.8 Å². The Morgan fingerprint density at radius 2 is 1.80 bits per heavy atom. The first-order chi connectivity index (χ1) is 9.65. The van der Waals surface area contributed by atoms with Crippen LogP contribution in [0.2, 0.25) is 5.15 Å². The zero-order chi connectivity index (χ0) is 14.1. The topological polar surface area (TPSA) is 51.6 Å². The normalized spacial score (nSPS) is 10.9. The van der Waals surface area contributed by atoms with Gasteiger partial charge in [-0.05, 0) is 31.7 Å². The molecule has 0 saturated carbocycles. The van der Waals surface area contributed by atoms with Crippen molar-refractivity contribution in [1.82, 2.24) is 19.9 Å². The maximum atomic E-state index is 6.11. The summed E-state index contributed by atoms with van der Waals surface area (Å²) in [5.74, 6) is 0.654. The predicted molar refractivity (Wildman–Crippen MR) is 80.2 cm³/mol. The summed E-state index contributed by atoms with van der Waals surface area (Å²) < 4.78 is 0. The van der Waals surface area contributed by atoms with Crippen molar-refractivity contribution in [1.29, 1.82) is 0 Å². The minimum absolute atomic E-state index is 0.485. The molecule has 2 heterocycles. The van der Waals surface area contributed by atoms with E-state index in [4.69, 9.17) is 11.6 Å². The molecule has 6 heteroatoms. The van der Waals surface area contributed by atoms with Gasteiger partial charge in [-0.25, -0.2) is 19.9 Å². The molecule has 20 heavy (non-hydrogen) atoms. The monoisotopic (exact) mass is 302 g/mol. The van der Waals surface area contributed by atoms with E-state index >= 15 is 0 Å². The molecule has 0 N–H and O–H groups in total. The van der Waals surface area contributed by atoms with Gasteiger partial charge in [0.15, 0.2) is 0 Å². The molecule has 0 fully saturated rings. The van der Waals surface area contributed by atoms with E-state index in [2.05, 4.69) is 19.9 Å². The second kappa shape index (κ2) is 5.34. The molecule has 1 aromatic carbocycles. The summed E-state index contributed by atoms with van der Waals surface area (Å²) in [5.41, 5.74) is 1.78. The molecule has 0 atom stereocenters. The molecule has 2 aromatic heterocycles. The lowest BCUT2D eigenvalue weighted by Crippen LogP contribution is -1.96. The highest BCUT2D eigenvalue weighted by molar-refractivity contribution is 7.99. The van der Waals surface area contributed by atoms with Crippen LogP contribution in [0.25, 0.3) is 10.9 Å². The minimum Gasteiger partial charge on any atom is -0.236 e. The Balaban J connectivity index is 2.10. The lowest BCUT2D eigenvalue weighted by molar-refractivity contribution is 0.935. The van der Waals surface area contributed by atoms with Crippen LogP contribution in [0.15, 0.2) is 40.6 Å². The molecule has 0 amide bonds. The molecule has 3 rings (SSSR count). The van der Waals surface area contributed by atoms with Gasteiger partial charge in [0, 0.05) is 10.9 Å². The summed E-state index contributed by atoms with van der Waals surface area (Å²) in [6.07, 6.45) is 1.57. The summed E-state index contributed by atoms with van der Waals surface area (Å²) in [7, 11) is 0.